The van der Waals surface area contributed by atoms with Crippen molar-refractivity contribution in [2.75, 3.05) is 13.7 Å². The molecule has 3 aliphatic rings. The number of Topliss-reactive ketones (excluding diaryl/α,β-unsaturated/α-hetero) is 1. The standard InChI is InChI=1S/C28H31NO11/c1-3-14-25(34)13(29)7-18(39-14)40-16-9-28(37,17(31)10-30)8-12-20(16)27(36)22-21(24(12)33)23(32)11-5-4-6-15(38-2)19(11)26(22)35/h4-6,13-14,16,18,25,30,33-34,36-37H,3,7-10,29H2,1-2H3/t13-,14-,16-,18-,25-,28-/m0/s1. The van der Waals surface area contributed by atoms with Crippen molar-refractivity contribution in [2.24, 2.45) is 5.73 Å². The van der Waals surface area contributed by atoms with Gasteiger partial charge in [-0.15, -0.1) is 0 Å². The number of hydrogen-bond acceptors (Lipinski definition) is 12. The monoisotopic (exact) mass is 557 g/mol. The van der Waals surface area contributed by atoms with Gasteiger partial charge in [0.1, 0.15) is 29.5 Å². The minimum absolute atomic E-state index is 0.0234. The molecule has 1 heterocycles. The average Bonchev–Trinajstić information content (AvgIpc) is 2.94. The minimum Gasteiger partial charge on any atom is -0.507 e. The molecule has 214 valence electrons. The average molecular weight is 558 g/mol. The number of phenols is 2. The fraction of sp³-hybridized carbons (Fsp3) is 0.464. The molecule has 12 nitrogen and oxygen atoms in total. The van der Waals surface area contributed by atoms with Crippen LogP contribution in [0.5, 0.6) is 17.2 Å². The molecule has 2 aromatic carbocycles. The molecule has 2 aromatic rings. The van der Waals surface area contributed by atoms with Gasteiger partial charge in [-0.25, -0.2) is 0 Å². The van der Waals surface area contributed by atoms with E-state index in [1.807, 2.05) is 0 Å². The fourth-order valence-electron chi connectivity index (χ4n) is 5.97. The minimum atomic E-state index is -2.24. The zero-order chi connectivity index (χ0) is 29.1. The van der Waals surface area contributed by atoms with Gasteiger partial charge in [0.2, 0.25) is 5.78 Å². The van der Waals surface area contributed by atoms with E-state index in [0.29, 0.717) is 6.42 Å². The Morgan fingerprint density at radius 3 is 2.50 bits per heavy atom. The molecule has 0 bridgehead atoms. The van der Waals surface area contributed by atoms with Crippen molar-refractivity contribution in [3.63, 3.8) is 0 Å². The summed E-state index contributed by atoms with van der Waals surface area (Å²) in [7, 11) is 1.32. The lowest BCUT2D eigenvalue weighted by Gasteiger charge is -2.42. The largest absolute Gasteiger partial charge is 0.507 e. The summed E-state index contributed by atoms with van der Waals surface area (Å²) in [4.78, 5) is 39.9. The number of benzene rings is 2. The van der Waals surface area contributed by atoms with E-state index in [1.165, 1.54) is 25.3 Å². The summed E-state index contributed by atoms with van der Waals surface area (Å²) >= 11 is 0. The highest BCUT2D eigenvalue weighted by atomic mass is 16.7. The zero-order valence-corrected chi connectivity index (χ0v) is 21.9. The highest BCUT2D eigenvalue weighted by molar-refractivity contribution is 6.31. The first kappa shape index (κ1) is 28.1. The van der Waals surface area contributed by atoms with E-state index in [2.05, 4.69) is 0 Å². The lowest BCUT2D eigenvalue weighted by Crippen LogP contribution is -2.53. The lowest BCUT2D eigenvalue weighted by atomic mass is 9.72. The topological polar surface area (TPSA) is 206 Å². The van der Waals surface area contributed by atoms with Gasteiger partial charge in [0.05, 0.1) is 42.1 Å². The second-order valence-electron chi connectivity index (χ2n) is 10.4. The van der Waals surface area contributed by atoms with E-state index in [4.69, 9.17) is 19.9 Å². The molecule has 7 N–H and O–H groups in total. The van der Waals surface area contributed by atoms with Gasteiger partial charge in [-0.3, -0.25) is 14.4 Å². The van der Waals surface area contributed by atoms with Gasteiger partial charge in [-0.1, -0.05) is 19.1 Å². The maximum absolute atomic E-state index is 13.7. The Morgan fingerprint density at radius 2 is 1.85 bits per heavy atom. The summed E-state index contributed by atoms with van der Waals surface area (Å²) in [6.45, 7) is 0.762. The predicted octanol–water partition coefficient (Wildman–Crippen LogP) is 0.391. The van der Waals surface area contributed by atoms with Gasteiger partial charge >= 0.3 is 0 Å². The first-order valence-corrected chi connectivity index (χ1v) is 12.9. The number of methoxy groups -OCH3 is 1. The summed E-state index contributed by atoms with van der Waals surface area (Å²) < 4.78 is 17.2. The molecule has 1 saturated heterocycles. The number of carbonyl (C=O) groups excluding carboxylic acids is 3. The van der Waals surface area contributed by atoms with Gasteiger partial charge in [0.15, 0.2) is 17.9 Å². The van der Waals surface area contributed by atoms with Crippen LogP contribution in [0.15, 0.2) is 18.2 Å². The SMILES string of the molecule is CC[C@@H]1O[C@@H](O[C@H]2C[C@](O)(C(=O)CO)Cc3c(O)c4c(c(O)c32)C(=O)c2c(OC)cccc2C4=O)C[C@H](N)[C@@H]1O. The molecule has 1 aliphatic heterocycles. The first-order valence-electron chi connectivity index (χ1n) is 12.9. The zero-order valence-electron chi connectivity index (χ0n) is 21.9. The van der Waals surface area contributed by atoms with Crippen LogP contribution in [0.4, 0.5) is 0 Å². The van der Waals surface area contributed by atoms with Crippen LogP contribution >= 0.6 is 0 Å². The van der Waals surface area contributed by atoms with Crippen LogP contribution in [-0.4, -0.2) is 86.7 Å². The number of aliphatic hydroxyl groups is 3. The highest BCUT2D eigenvalue weighted by Crippen LogP contribution is 2.52. The summed E-state index contributed by atoms with van der Waals surface area (Å²) in [5.41, 5.74) is 2.46. The van der Waals surface area contributed by atoms with Gasteiger partial charge in [0, 0.05) is 42.0 Å². The molecule has 0 radical (unpaired) electrons. The number of rotatable bonds is 6. The van der Waals surface area contributed by atoms with Crippen LogP contribution in [0.25, 0.3) is 0 Å². The number of nitrogens with two attached hydrogens (primary N) is 1. The molecule has 0 amide bonds. The molecule has 0 saturated carbocycles. The summed E-state index contributed by atoms with van der Waals surface area (Å²) in [5, 5.41) is 54.0. The van der Waals surface area contributed by atoms with E-state index < -0.39 is 95.7 Å². The van der Waals surface area contributed by atoms with Gasteiger partial charge in [-0.2, -0.15) is 0 Å². The Bertz CT molecular complexity index is 1410. The van der Waals surface area contributed by atoms with Crippen LogP contribution in [0.1, 0.15) is 75.3 Å². The Morgan fingerprint density at radius 1 is 1.15 bits per heavy atom. The van der Waals surface area contributed by atoms with Crippen LogP contribution in [0.3, 0.4) is 0 Å². The maximum atomic E-state index is 13.7. The van der Waals surface area contributed by atoms with E-state index in [9.17, 15) is 39.9 Å². The van der Waals surface area contributed by atoms with Crippen molar-refractivity contribution in [1.29, 1.82) is 0 Å². The van der Waals surface area contributed by atoms with E-state index in [-0.39, 0.29) is 34.4 Å². The molecule has 2 aliphatic carbocycles. The molecule has 1 fully saturated rings. The summed E-state index contributed by atoms with van der Waals surface area (Å²) in [6.07, 6.45) is -4.64. The molecule has 12 heteroatoms. The van der Waals surface area contributed by atoms with Crippen LogP contribution in [0.2, 0.25) is 0 Å². The van der Waals surface area contributed by atoms with E-state index in [0.717, 1.165) is 0 Å². The molecule has 40 heavy (non-hydrogen) atoms. The van der Waals surface area contributed by atoms with Crippen molar-refractivity contribution in [3.05, 3.63) is 51.6 Å². The first-order chi connectivity index (χ1) is 19.0. The van der Waals surface area contributed by atoms with Crippen molar-refractivity contribution in [2.45, 2.75) is 68.9 Å². The van der Waals surface area contributed by atoms with E-state index >= 15 is 0 Å². The van der Waals surface area contributed by atoms with E-state index in [1.54, 1.807) is 6.92 Å². The van der Waals surface area contributed by atoms with Crippen molar-refractivity contribution in [3.8, 4) is 17.2 Å². The van der Waals surface area contributed by atoms with Crippen molar-refractivity contribution in [1.82, 2.24) is 0 Å². The van der Waals surface area contributed by atoms with Crippen molar-refractivity contribution < 1.29 is 54.1 Å². The predicted molar refractivity (Wildman–Crippen MR) is 136 cm³/mol. The molecular weight excluding hydrogens is 526 g/mol. The molecule has 0 spiro atoms. The number of phenolic OH excluding ortho intramolecular Hbond substituents is 2. The van der Waals surface area contributed by atoms with Crippen molar-refractivity contribution >= 4 is 17.3 Å². The van der Waals surface area contributed by atoms with Crippen LogP contribution in [-0.2, 0) is 20.7 Å². The second kappa shape index (κ2) is 10.2. The van der Waals surface area contributed by atoms with Crippen LogP contribution in [0, 0.1) is 0 Å². The number of ketones is 3. The van der Waals surface area contributed by atoms with Gasteiger partial charge in [-0.05, 0) is 12.5 Å². The molecule has 6 atom stereocenters. The maximum Gasteiger partial charge on any atom is 0.202 e. The number of aromatic hydroxyl groups is 2. The number of fused-ring (bicyclic) bond motifs is 3. The third kappa shape index (κ3) is 4.19. The quantitative estimate of drug-likeness (QED) is 0.228. The molecular formula is C28H31NO11. The smallest absolute Gasteiger partial charge is 0.202 e. The second-order valence-corrected chi connectivity index (χ2v) is 10.4. The summed E-state index contributed by atoms with van der Waals surface area (Å²) in [6, 6.07) is 3.65. The lowest BCUT2D eigenvalue weighted by molar-refractivity contribution is -0.251. The number of aliphatic hydroxyl groups excluding tert-OH is 2. The number of hydrogen-bond donors (Lipinski definition) is 6. The fourth-order valence-corrected chi connectivity index (χ4v) is 5.97. The highest BCUT2D eigenvalue weighted by Gasteiger charge is 2.50. The van der Waals surface area contributed by atoms with Gasteiger partial charge < -0.3 is 45.5 Å². The molecule has 5 rings (SSSR count). The summed E-state index contributed by atoms with van der Waals surface area (Å²) in [5.74, 6) is -3.76. The normalized spacial score (nSPS) is 29.4. The Labute approximate surface area is 228 Å². The third-order valence-electron chi connectivity index (χ3n) is 8.07. The van der Waals surface area contributed by atoms with Gasteiger partial charge in [0.25, 0.3) is 0 Å². The Balaban J connectivity index is 1.68. The number of ether oxygens (including phenoxy) is 3. The Hall–Kier alpha value is -3.39. The Kier molecular flexibility index (Phi) is 7.19. The number of carbonyl (C=O) groups is 3. The molecule has 0 unspecified atom stereocenters. The molecule has 0 aromatic heterocycles. The third-order valence-corrected chi connectivity index (χ3v) is 8.07. The van der Waals surface area contributed by atoms with Crippen LogP contribution < -0.4 is 10.5 Å².